The number of carbonyl (C=O) groups is 2. The monoisotopic (exact) mass is 361 g/mol. The van der Waals surface area contributed by atoms with Gasteiger partial charge in [0.05, 0.1) is 11.8 Å². The molecule has 18 heavy (non-hydrogen) atoms. The first-order valence-corrected chi connectivity index (χ1v) is 5.93. The van der Waals surface area contributed by atoms with Crippen LogP contribution in [-0.4, -0.2) is 23.9 Å². The third-order valence-electron chi connectivity index (χ3n) is 2.08. The van der Waals surface area contributed by atoms with Crippen LogP contribution in [0, 0.1) is 20.7 Å². The Labute approximate surface area is 117 Å². The van der Waals surface area contributed by atoms with Crippen LogP contribution < -0.4 is 5.32 Å². The molecule has 0 fully saturated rings. The molecule has 0 aliphatic heterocycles. The quantitative estimate of drug-likeness (QED) is 0.822. The van der Waals surface area contributed by atoms with E-state index in [9.17, 15) is 14.0 Å². The second-order valence-electron chi connectivity index (χ2n) is 3.34. The van der Waals surface area contributed by atoms with Crippen LogP contribution in [0.25, 0.3) is 0 Å². The Morgan fingerprint density at radius 1 is 1.56 bits per heavy atom. The van der Waals surface area contributed by atoms with Crippen molar-refractivity contribution in [3.63, 3.8) is 0 Å². The standard InChI is InChI=1S/C11H9FIN3O2/c1-16(10(17)4-5-14)11(18)15-9-3-2-7(13)6-8(9)12/h2-3,6H,4H2,1H3,(H,15,18). The Kier molecular flexibility index (Phi) is 5.03. The fourth-order valence-corrected chi connectivity index (χ4v) is 1.54. The lowest BCUT2D eigenvalue weighted by molar-refractivity contribution is -0.126. The summed E-state index contributed by atoms with van der Waals surface area (Å²) >= 11 is 1.94. The van der Waals surface area contributed by atoms with E-state index in [1.165, 1.54) is 19.2 Å². The molecular formula is C11H9FIN3O2. The van der Waals surface area contributed by atoms with Crippen molar-refractivity contribution in [2.24, 2.45) is 0 Å². The molecule has 1 aromatic rings. The largest absolute Gasteiger partial charge is 0.328 e. The molecule has 0 aromatic heterocycles. The molecule has 5 nitrogen and oxygen atoms in total. The van der Waals surface area contributed by atoms with Crippen molar-refractivity contribution in [2.75, 3.05) is 12.4 Å². The highest BCUT2D eigenvalue weighted by Gasteiger charge is 2.17. The molecular weight excluding hydrogens is 352 g/mol. The SMILES string of the molecule is CN(C(=O)CC#N)C(=O)Nc1ccc(I)cc1F. The van der Waals surface area contributed by atoms with Crippen molar-refractivity contribution >= 4 is 40.2 Å². The first-order valence-electron chi connectivity index (χ1n) is 4.85. The number of nitriles is 1. The highest BCUT2D eigenvalue weighted by molar-refractivity contribution is 14.1. The highest BCUT2D eigenvalue weighted by atomic mass is 127. The molecule has 1 N–H and O–H groups in total. The predicted octanol–water partition coefficient (Wildman–Crippen LogP) is 2.33. The zero-order valence-electron chi connectivity index (χ0n) is 9.41. The average Bonchev–Trinajstić information content (AvgIpc) is 2.32. The summed E-state index contributed by atoms with van der Waals surface area (Å²) in [6, 6.07) is 5.14. The van der Waals surface area contributed by atoms with Crippen LogP contribution in [0.4, 0.5) is 14.9 Å². The minimum absolute atomic E-state index is 0.0166. The molecule has 1 rings (SSSR count). The van der Waals surface area contributed by atoms with Gasteiger partial charge in [0, 0.05) is 10.6 Å². The van der Waals surface area contributed by atoms with E-state index in [1.807, 2.05) is 22.6 Å². The fourth-order valence-electron chi connectivity index (χ4n) is 1.09. The van der Waals surface area contributed by atoms with Crippen LogP contribution in [0.15, 0.2) is 18.2 Å². The van der Waals surface area contributed by atoms with Crippen LogP contribution in [-0.2, 0) is 4.79 Å². The first-order chi connectivity index (χ1) is 8.45. The molecule has 0 aliphatic rings. The van der Waals surface area contributed by atoms with Crippen molar-refractivity contribution in [1.29, 1.82) is 5.26 Å². The van der Waals surface area contributed by atoms with Crippen LogP contribution in [0.3, 0.4) is 0 Å². The van der Waals surface area contributed by atoms with Crippen LogP contribution in [0.5, 0.6) is 0 Å². The number of urea groups is 1. The van der Waals surface area contributed by atoms with Gasteiger partial charge in [0.2, 0.25) is 5.91 Å². The van der Waals surface area contributed by atoms with E-state index in [4.69, 9.17) is 5.26 Å². The second-order valence-corrected chi connectivity index (χ2v) is 4.59. The maximum absolute atomic E-state index is 13.4. The lowest BCUT2D eigenvalue weighted by Crippen LogP contribution is -2.36. The van der Waals surface area contributed by atoms with Crippen molar-refractivity contribution in [3.05, 3.63) is 27.6 Å². The van der Waals surface area contributed by atoms with Crippen molar-refractivity contribution in [3.8, 4) is 6.07 Å². The summed E-state index contributed by atoms with van der Waals surface area (Å²) in [5.74, 6) is -1.24. The van der Waals surface area contributed by atoms with E-state index in [0.717, 1.165) is 4.90 Å². The van der Waals surface area contributed by atoms with E-state index < -0.39 is 24.2 Å². The minimum Gasteiger partial charge on any atom is -0.305 e. The molecule has 0 heterocycles. The predicted molar refractivity (Wildman–Crippen MR) is 71.1 cm³/mol. The molecule has 0 atom stereocenters. The summed E-state index contributed by atoms with van der Waals surface area (Å²) in [6.07, 6.45) is -0.404. The van der Waals surface area contributed by atoms with Gasteiger partial charge in [-0.1, -0.05) is 0 Å². The molecule has 0 spiro atoms. The Morgan fingerprint density at radius 3 is 2.78 bits per heavy atom. The summed E-state index contributed by atoms with van der Waals surface area (Å²) < 4.78 is 14.1. The Balaban J connectivity index is 2.76. The van der Waals surface area contributed by atoms with E-state index in [0.29, 0.717) is 3.57 Å². The molecule has 0 aliphatic carbocycles. The molecule has 0 saturated heterocycles. The molecule has 0 unspecified atom stereocenters. The number of carbonyl (C=O) groups excluding carboxylic acids is 2. The number of anilines is 1. The molecule has 0 radical (unpaired) electrons. The van der Waals surface area contributed by atoms with Gasteiger partial charge in [-0.3, -0.25) is 9.69 Å². The number of rotatable bonds is 2. The summed E-state index contributed by atoms with van der Waals surface area (Å²) in [7, 11) is 1.22. The normalized spacial score (nSPS) is 9.44. The lowest BCUT2D eigenvalue weighted by Gasteiger charge is -2.15. The summed E-state index contributed by atoms with van der Waals surface area (Å²) in [4.78, 5) is 23.6. The fraction of sp³-hybridized carbons (Fsp3) is 0.182. The number of benzene rings is 1. The van der Waals surface area contributed by atoms with Gasteiger partial charge in [0.1, 0.15) is 12.2 Å². The van der Waals surface area contributed by atoms with Gasteiger partial charge in [-0.2, -0.15) is 5.26 Å². The van der Waals surface area contributed by atoms with Crippen molar-refractivity contribution in [1.82, 2.24) is 4.90 Å². The van der Waals surface area contributed by atoms with Gasteiger partial charge in [0.25, 0.3) is 0 Å². The smallest absolute Gasteiger partial charge is 0.305 e. The van der Waals surface area contributed by atoms with Gasteiger partial charge in [-0.15, -0.1) is 0 Å². The average molecular weight is 361 g/mol. The number of amides is 3. The summed E-state index contributed by atoms with van der Waals surface area (Å²) in [5.41, 5.74) is -0.0166. The number of nitrogens with one attached hydrogen (secondary N) is 1. The Hall–Kier alpha value is -1.69. The number of imide groups is 1. The molecule has 3 amide bonds. The molecule has 1 aromatic carbocycles. The van der Waals surface area contributed by atoms with Crippen LogP contribution in [0.2, 0.25) is 0 Å². The van der Waals surface area contributed by atoms with E-state index in [1.54, 1.807) is 12.1 Å². The molecule has 0 bridgehead atoms. The van der Waals surface area contributed by atoms with E-state index >= 15 is 0 Å². The molecule has 0 saturated carbocycles. The number of hydrogen-bond acceptors (Lipinski definition) is 3. The van der Waals surface area contributed by atoms with Crippen molar-refractivity contribution < 1.29 is 14.0 Å². The third-order valence-corrected chi connectivity index (χ3v) is 2.75. The van der Waals surface area contributed by atoms with Gasteiger partial charge in [-0.05, 0) is 40.8 Å². The zero-order valence-corrected chi connectivity index (χ0v) is 11.6. The van der Waals surface area contributed by atoms with E-state index in [-0.39, 0.29) is 5.69 Å². The second kappa shape index (κ2) is 6.30. The van der Waals surface area contributed by atoms with Crippen molar-refractivity contribution in [2.45, 2.75) is 6.42 Å². The maximum atomic E-state index is 13.4. The Bertz CT molecular complexity index is 528. The lowest BCUT2D eigenvalue weighted by atomic mass is 10.3. The molecule has 94 valence electrons. The highest BCUT2D eigenvalue weighted by Crippen LogP contribution is 2.17. The maximum Gasteiger partial charge on any atom is 0.328 e. The van der Waals surface area contributed by atoms with Crippen LogP contribution >= 0.6 is 22.6 Å². The zero-order chi connectivity index (χ0) is 13.7. The number of nitrogens with zero attached hydrogens (tertiary/aromatic N) is 2. The van der Waals surface area contributed by atoms with E-state index in [2.05, 4.69) is 5.32 Å². The first kappa shape index (κ1) is 14.4. The van der Waals surface area contributed by atoms with Crippen LogP contribution in [0.1, 0.15) is 6.42 Å². The minimum atomic E-state index is -0.782. The topological polar surface area (TPSA) is 73.2 Å². The van der Waals surface area contributed by atoms with Gasteiger partial charge >= 0.3 is 6.03 Å². The van der Waals surface area contributed by atoms with Gasteiger partial charge < -0.3 is 5.32 Å². The molecule has 7 heteroatoms. The summed E-state index contributed by atoms with van der Waals surface area (Å²) in [6.45, 7) is 0. The third kappa shape index (κ3) is 3.66. The number of hydrogen-bond donors (Lipinski definition) is 1. The van der Waals surface area contributed by atoms with Gasteiger partial charge in [-0.25, -0.2) is 9.18 Å². The summed E-state index contributed by atoms with van der Waals surface area (Å²) in [5, 5.41) is 10.6. The number of halogens is 2. The Morgan fingerprint density at radius 2 is 2.22 bits per heavy atom. The van der Waals surface area contributed by atoms with Gasteiger partial charge in [0.15, 0.2) is 0 Å².